The van der Waals surface area contributed by atoms with Gasteiger partial charge >= 0.3 is 0 Å². The summed E-state index contributed by atoms with van der Waals surface area (Å²) in [6, 6.07) is 15.8. The van der Waals surface area contributed by atoms with Crippen molar-refractivity contribution in [2.75, 3.05) is 0 Å². The van der Waals surface area contributed by atoms with Crippen LogP contribution < -0.4 is 0 Å². The van der Waals surface area contributed by atoms with E-state index in [0.717, 1.165) is 0 Å². The third-order valence-electron chi connectivity index (χ3n) is 3.44. The first kappa shape index (κ1) is 14.4. The molecule has 0 saturated carbocycles. The molecule has 0 atom stereocenters. The molecule has 0 fully saturated rings. The maximum Gasteiger partial charge on any atom is 0.132 e. The summed E-state index contributed by atoms with van der Waals surface area (Å²) in [6.07, 6.45) is 0. The number of aliphatic hydroxyl groups excluding tert-OH is 1. The monoisotopic (exact) mass is 297 g/mol. The van der Waals surface area contributed by atoms with E-state index >= 15 is 0 Å². The highest BCUT2D eigenvalue weighted by Crippen LogP contribution is 2.29. The van der Waals surface area contributed by atoms with Gasteiger partial charge in [-0.25, -0.2) is 13.8 Å². The lowest BCUT2D eigenvalue weighted by molar-refractivity contribution is 0.277. The van der Waals surface area contributed by atoms with Gasteiger partial charge in [0.05, 0.1) is 18.0 Å². The van der Waals surface area contributed by atoms with Crippen molar-refractivity contribution in [1.82, 2.24) is 4.98 Å². The summed E-state index contributed by atoms with van der Waals surface area (Å²) in [4.78, 5) is 4.28. The Bertz CT molecular complexity index is 818. The highest BCUT2D eigenvalue weighted by atomic mass is 19.1. The summed E-state index contributed by atoms with van der Waals surface area (Å²) in [5, 5.41) is 9.53. The Morgan fingerprint density at radius 1 is 0.727 bits per heavy atom. The molecule has 1 aromatic heterocycles. The maximum absolute atomic E-state index is 13.9. The van der Waals surface area contributed by atoms with Gasteiger partial charge in [0.2, 0.25) is 0 Å². The fourth-order valence-electron chi connectivity index (χ4n) is 2.37. The molecule has 0 aliphatic carbocycles. The lowest BCUT2D eigenvalue weighted by atomic mass is 10.0. The van der Waals surface area contributed by atoms with Crippen LogP contribution in [0.5, 0.6) is 0 Å². The molecule has 110 valence electrons. The van der Waals surface area contributed by atoms with E-state index in [2.05, 4.69) is 4.98 Å². The molecule has 0 aliphatic rings. The van der Waals surface area contributed by atoms with Gasteiger partial charge in [0.15, 0.2) is 0 Å². The third-order valence-corrected chi connectivity index (χ3v) is 3.44. The number of benzene rings is 2. The molecule has 22 heavy (non-hydrogen) atoms. The molecular formula is C18H13F2NO. The fraction of sp³-hybridized carbons (Fsp3) is 0.0556. The van der Waals surface area contributed by atoms with Gasteiger partial charge < -0.3 is 5.11 Å². The zero-order valence-corrected chi connectivity index (χ0v) is 11.6. The second-order valence-corrected chi connectivity index (χ2v) is 4.81. The Hall–Kier alpha value is -2.59. The Balaban J connectivity index is 2.13. The lowest BCUT2D eigenvalue weighted by Gasteiger charge is -2.11. The summed E-state index contributed by atoms with van der Waals surface area (Å²) < 4.78 is 27.7. The Labute approximate surface area is 126 Å². The molecule has 2 nitrogen and oxygen atoms in total. The van der Waals surface area contributed by atoms with Crippen LogP contribution in [0.3, 0.4) is 0 Å². The molecule has 4 heteroatoms. The van der Waals surface area contributed by atoms with E-state index in [1.165, 1.54) is 12.1 Å². The molecule has 3 aromatic rings. The Kier molecular flexibility index (Phi) is 3.94. The first-order valence-electron chi connectivity index (χ1n) is 6.81. The van der Waals surface area contributed by atoms with Crippen LogP contribution in [-0.2, 0) is 6.61 Å². The number of nitrogens with zero attached hydrogens (tertiary/aromatic N) is 1. The van der Waals surface area contributed by atoms with Crippen LogP contribution >= 0.6 is 0 Å². The normalized spacial score (nSPS) is 10.7. The molecule has 1 heterocycles. The van der Waals surface area contributed by atoms with Crippen molar-refractivity contribution in [3.8, 4) is 22.4 Å². The van der Waals surface area contributed by atoms with Crippen LogP contribution in [-0.4, -0.2) is 10.1 Å². The number of hydrogen-bond donors (Lipinski definition) is 1. The second kappa shape index (κ2) is 6.03. The molecule has 0 amide bonds. The predicted molar refractivity (Wildman–Crippen MR) is 80.9 cm³/mol. The Morgan fingerprint density at radius 3 is 1.91 bits per heavy atom. The molecular weight excluding hydrogens is 284 g/mol. The average Bonchev–Trinajstić information content (AvgIpc) is 2.55. The largest absolute Gasteiger partial charge is 0.390 e. The quantitative estimate of drug-likeness (QED) is 0.786. The molecule has 0 aliphatic heterocycles. The average molecular weight is 297 g/mol. The van der Waals surface area contributed by atoms with Gasteiger partial charge in [-0.2, -0.15) is 0 Å². The topological polar surface area (TPSA) is 33.1 Å². The summed E-state index contributed by atoms with van der Waals surface area (Å²) in [5.41, 5.74) is 1.92. The highest BCUT2D eigenvalue weighted by Gasteiger charge is 2.13. The van der Waals surface area contributed by atoms with Crippen LogP contribution in [0.25, 0.3) is 22.4 Å². The van der Waals surface area contributed by atoms with Crippen molar-refractivity contribution in [3.05, 3.63) is 78.0 Å². The van der Waals surface area contributed by atoms with Crippen molar-refractivity contribution in [2.24, 2.45) is 0 Å². The van der Waals surface area contributed by atoms with Crippen molar-refractivity contribution in [3.63, 3.8) is 0 Å². The van der Waals surface area contributed by atoms with E-state index in [9.17, 15) is 13.9 Å². The molecule has 0 bridgehead atoms. The van der Waals surface area contributed by atoms with E-state index in [1.54, 1.807) is 48.5 Å². The minimum atomic E-state index is -0.391. The molecule has 0 unspecified atom stereocenters. The molecule has 1 N–H and O–H groups in total. The summed E-state index contributed by atoms with van der Waals surface area (Å²) >= 11 is 0. The van der Waals surface area contributed by atoms with Crippen LogP contribution in [0.4, 0.5) is 8.78 Å². The number of pyridine rings is 1. The number of rotatable bonds is 3. The van der Waals surface area contributed by atoms with Gasteiger partial charge in [-0.15, -0.1) is 0 Å². The zero-order chi connectivity index (χ0) is 15.5. The summed E-state index contributed by atoms with van der Waals surface area (Å²) in [7, 11) is 0. The fourth-order valence-corrected chi connectivity index (χ4v) is 2.37. The van der Waals surface area contributed by atoms with Crippen LogP contribution in [0.1, 0.15) is 5.69 Å². The molecule has 0 spiro atoms. The van der Waals surface area contributed by atoms with E-state index < -0.39 is 11.6 Å². The van der Waals surface area contributed by atoms with Crippen molar-refractivity contribution in [2.45, 2.75) is 6.61 Å². The van der Waals surface area contributed by atoms with Crippen molar-refractivity contribution < 1.29 is 13.9 Å². The van der Waals surface area contributed by atoms with E-state index in [0.29, 0.717) is 28.1 Å². The van der Waals surface area contributed by atoms with Crippen LogP contribution in [0.15, 0.2) is 60.7 Å². The first-order chi connectivity index (χ1) is 10.7. The smallest absolute Gasteiger partial charge is 0.132 e. The molecule has 0 saturated heterocycles. The van der Waals surface area contributed by atoms with Gasteiger partial charge in [-0.05, 0) is 24.3 Å². The number of aromatic nitrogens is 1. The standard InChI is InChI=1S/C18H13F2NO/c19-15-7-3-1-5-12(15)13-9-10-17(21-18(13)11-22)14-6-2-4-8-16(14)20/h1-10,22H,11H2. The number of halogens is 2. The van der Waals surface area contributed by atoms with Gasteiger partial charge in [0, 0.05) is 16.7 Å². The van der Waals surface area contributed by atoms with Crippen molar-refractivity contribution >= 4 is 0 Å². The van der Waals surface area contributed by atoms with Gasteiger partial charge in [-0.3, -0.25) is 0 Å². The summed E-state index contributed by atoms with van der Waals surface area (Å²) in [6.45, 7) is -0.355. The van der Waals surface area contributed by atoms with Crippen LogP contribution in [0.2, 0.25) is 0 Å². The van der Waals surface area contributed by atoms with Gasteiger partial charge in [0.1, 0.15) is 11.6 Å². The highest BCUT2D eigenvalue weighted by molar-refractivity contribution is 5.70. The summed E-state index contributed by atoms with van der Waals surface area (Å²) in [5.74, 6) is -0.782. The maximum atomic E-state index is 13.9. The second-order valence-electron chi connectivity index (χ2n) is 4.81. The molecule has 0 radical (unpaired) electrons. The first-order valence-corrected chi connectivity index (χ1v) is 6.81. The van der Waals surface area contributed by atoms with Gasteiger partial charge in [-0.1, -0.05) is 36.4 Å². The molecule has 2 aromatic carbocycles. The van der Waals surface area contributed by atoms with Gasteiger partial charge in [0.25, 0.3) is 0 Å². The van der Waals surface area contributed by atoms with E-state index in [1.807, 2.05) is 0 Å². The van der Waals surface area contributed by atoms with E-state index in [4.69, 9.17) is 0 Å². The Morgan fingerprint density at radius 2 is 1.32 bits per heavy atom. The third kappa shape index (κ3) is 2.61. The zero-order valence-electron chi connectivity index (χ0n) is 11.6. The lowest BCUT2D eigenvalue weighted by Crippen LogP contribution is -1.98. The minimum Gasteiger partial charge on any atom is -0.390 e. The minimum absolute atomic E-state index is 0.311. The van der Waals surface area contributed by atoms with Crippen LogP contribution in [0, 0.1) is 11.6 Å². The number of aliphatic hydroxyl groups is 1. The predicted octanol–water partition coefficient (Wildman–Crippen LogP) is 4.19. The SMILES string of the molecule is OCc1nc(-c2ccccc2F)ccc1-c1ccccc1F. The molecule has 3 rings (SSSR count). The number of hydrogen-bond acceptors (Lipinski definition) is 2. The van der Waals surface area contributed by atoms with E-state index in [-0.39, 0.29) is 6.61 Å². The van der Waals surface area contributed by atoms with Crippen molar-refractivity contribution in [1.29, 1.82) is 0 Å².